The minimum Gasteiger partial charge on any atom is -0.371 e. The van der Waals surface area contributed by atoms with Gasteiger partial charge in [-0.25, -0.2) is 0 Å². The van der Waals surface area contributed by atoms with E-state index in [-0.39, 0.29) is 5.91 Å². The molecule has 1 amide bonds. The molecule has 138 valence electrons. The minimum absolute atomic E-state index is 0.0101. The minimum atomic E-state index is -0.0101. The van der Waals surface area contributed by atoms with Crippen molar-refractivity contribution in [3.05, 3.63) is 54.4 Å². The van der Waals surface area contributed by atoms with Gasteiger partial charge in [0, 0.05) is 32.2 Å². The van der Waals surface area contributed by atoms with Crippen molar-refractivity contribution in [3.8, 4) is 0 Å². The van der Waals surface area contributed by atoms with E-state index in [2.05, 4.69) is 41.5 Å². The Hall–Kier alpha value is -2.49. The molecule has 1 aromatic carbocycles. The molecule has 1 saturated heterocycles. The third kappa shape index (κ3) is 3.28. The molecular weight excluding hydrogens is 322 g/mol. The fourth-order valence-corrected chi connectivity index (χ4v) is 3.89. The Morgan fingerprint density at radius 3 is 2.54 bits per heavy atom. The van der Waals surface area contributed by atoms with Gasteiger partial charge in [0.2, 0.25) is 5.91 Å². The lowest BCUT2D eigenvalue weighted by Gasteiger charge is -2.41. The van der Waals surface area contributed by atoms with Crippen molar-refractivity contribution >= 4 is 23.0 Å². The monoisotopic (exact) mass is 351 g/mol. The summed E-state index contributed by atoms with van der Waals surface area (Å²) >= 11 is 0. The summed E-state index contributed by atoms with van der Waals surface area (Å²) in [6, 6.07) is 6.44. The van der Waals surface area contributed by atoms with Gasteiger partial charge in [0.05, 0.1) is 22.8 Å². The fourth-order valence-electron chi connectivity index (χ4n) is 3.89. The second kappa shape index (κ2) is 7.81. The van der Waals surface area contributed by atoms with Crippen LogP contribution in [0.1, 0.15) is 40.0 Å². The molecule has 1 fully saturated rings. The van der Waals surface area contributed by atoms with E-state index in [1.165, 1.54) is 24.9 Å². The van der Waals surface area contributed by atoms with Gasteiger partial charge in [0.25, 0.3) is 0 Å². The number of carbonyl (C=O) groups is 1. The zero-order valence-corrected chi connectivity index (χ0v) is 16.2. The van der Waals surface area contributed by atoms with Crippen LogP contribution in [0.15, 0.2) is 54.4 Å². The highest BCUT2D eigenvalue weighted by atomic mass is 16.2. The van der Waals surface area contributed by atoms with Crippen LogP contribution in [0.3, 0.4) is 0 Å². The summed E-state index contributed by atoms with van der Waals surface area (Å²) in [4.78, 5) is 18.8. The van der Waals surface area contributed by atoms with Crippen molar-refractivity contribution in [1.29, 1.82) is 0 Å². The number of rotatable bonds is 3. The van der Waals surface area contributed by atoms with Crippen molar-refractivity contribution in [1.82, 2.24) is 0 Å². The van der Waals surface area contributed by atoms with Gasteiger partial charge in [-0.15, -0.1) is 0 Å². The molecule has 2 heterocycles. The Kier molecular flexibility index (Phi) is 5.50. The highest BCUT2D eigenvalue weighted by Gasteiger charge is 2.31. The second-order valence-corrected chi connectivity index (χ2v) is 6.84. The summed E-state index contributed by atoms with van der Waals surface area (Å²) in [6.45, 7) is 13.0. The molecule has 3 rings (SSSR count). The summed E-state index contributed by atoms with van der Waals surface area (Å²) in [5, 5.41) is 0. The summed E-state index contributed by atoms with van der Waals surface area (Å²) in [7, 11) is 0. The fraction of sp³-hybridized carbons (Fsp3) is 0.409. The number of benzene rings is 1. The molecule has 0 unspecified atom stereocenters. The molecule has 0 radical (unpaired) electrons. The van der Waals surface area contributed by atoms with E-state index in [4.69, 9.17) is 0 Å². The van der Waals surface area contributed by atoms with Gasteiger partial charge < -0.3 is 9.80 Å². The Morgan fingerprint density at radius 2 is 1.92 bits per heavy atom. The van der Waals surface area contributed by atoms with Crippen molar-refractivity contribution < 1.29 is 4.79 Å². The van der Waals surface area contributed by atoms with Gasteiger partial charge in [-0.1, -0.05) is 18.7 Å². The highest BCUT2D eigenvalue weighted by Crippen LogP contribution is 2.43. The van der Waals surface area contributed by atoms with Crippen LogP contribution in [0.5, 0.6) is 0 Å². The van der Waals surface area contributed by atoms with Crippen LogP contribution < -0.4 is 14.7 Å². The number of nitrogens with zero attached hydrogens (tertiary/aromatic N) is 3. The van der Waals surface area contributed by atoms with Crippen LogP contribution in [0, 0.1) is 0 Å². The standard InChI is InChI=1S/C22H29N3O/c1-5-7-11-20-17(3)25(18(4)26)21-13-12-19(16-22(21)24(20)6-2)23-14-9-8-10-15-23/h5,7,11-13,16H,3,6,8-10,14-15H2,1-2,4H3/b7-5-,20-11+. The zero-order chi connectivity index (χ0) is 18.7. The van der Waals surface area contributed by atoms with Gasteiger partial charge in [-0.3, -0.25) is 9.69 Å². The maximum atomic E-state index is 12.4. The lowest BCUT2D eigenvalue weighted by atomic mass is 10.0. The van der Waals surface area contributed by atoms with E-state index in [9.17, 15) is 4.79 Å². The molecule has 0 aromatic heterocycles. The molecule has 26 heavy (non-hydrogen) atoms. The first-order chi connectivity index (χ1) is 12.6. The predicted molar refractivity (Wildman–Crippen MR) is 111 cm³/mol. The quantitative estimate of drug-likeness (QED) is 0.779. The van der Waals surface area contributed by atoms with E-state index in [1.807, 2.05) is 25.2 Å². The molecule has 2 aliphatic heterocycles. The van der Waals surface area contributed by atoms with E-state index < -0.39 is 0 Å². The Labute approximate surface area is 157 Å². The largest absolute Gasteiger partial charge is 0.371 e. The first kappa shape index (κ1) is 18.3. The molecule has 0 bridgehead atoms. The SMILES string of the molecule is C=C1/C(=C\C=C/C)N(CC)c2cc(N3CCCCC3)ccc2N1C(C)=O. The van der Waals surface area contributed by atoms with Gasteiger partial charge in [-0.2, -0.15) is 0 Å². The summed E-state index contributed by atoms with van der Waals surface area (Å²) in [6.07, 6.45) is 9.84. The number of hydrogen-bond acceptors (Lipinski definition) is 3. The van der Waals surface area contributed by atoms with E-state index in [1.54, 1.807) is 11.8 Å². The highest BCUT2D eigenvalue weighted by molar-refractivity contribution is 6.02. The van der Waals surface area contributed by atoms with E-state index in [0.717, 1.165) is 42.4 Å². The molecule has 0 spiro atoms. The number of hydrogen-bond donors (Lipinski definition) is 0. The number of piperidine rings is 1. The third-order valence-corrected chi connectivity index (χ3v) is 5.15. The van der Waals surface area contributed by atoms with Crippen molar-refractivity contribution in [2.75, 3.05) is 34.3 Å². The van der Waals surface area contributed by atoms with Crippen LogP contribution in [-0.4, -0.2) is 25.5 Å². The maximum Gasteiger partial charge on any atom is 0.228 e. The third-order valence-electron chi connectivity index (χ3n) is 5.15. The molecule has 1 aromatic rings. The van der Waals surface area contributed by atoms with E-state index in [0.29, 0.717) is 0 Å². The van der Waals surface area contributed by atoms with Gasteiger partial charge in [0.15, 0.2) is 0 Å². The van der Waals surface area contributed by atoms with Crippen molar-refractivity contribution in [3.63, 3.8) is 0 Å². The predicted octanol–water partition coefficient (Wildman–Crippen LogP) is 4.84. The first-order valence-corrected chi connectivity index (χ1v) is 9.58. The molecule has 0 aliphatic carbocycles. The lowest BCUT2D eigenvalue weighted by molar-refractivity contribution is -0.116. The molecule has 4 heteroatoms. The Morgan fingerprint density at radius 1 is 1.19 bits per heavy atom. The summed E-state index contributed by atoms with van der Waals surface area (Å²) in [5.41, 5.74) is 4.94. The molecule has 4 nitrogen and oxygen atoms in total. The van der Waals surface area contributed by atoms with Crippen molar-refractivity contribution in [2.45, 2.75) is 40.0 Å². The van der Waals surface area contributed by atoms with Gasteiger partial charge in [-0.05, 0) is 57.4 Å². The van der Waals surface area contributed by atoms with Crippen molar-refractivity contribution in [2.24, 2.45) is 0 Å². The Bertz CT molecular complexity index is 757. The van der Waals surface area contributed by atoms with Gasteiger partial charge in [0.1, 0.15) is 0 Å². The molecule has 2 aliphatic rings. The van der Waals surface area contributed by atoms with Crippen LogP contribution in [-0.2, 0) is 4.79 Å². The van der Waals surface area contributed by atoms with Crippen LogP contribution in [0.2, 0.25) is 0 Å². The summed E-state index contributed by atoms with van der Waals surface area (Å²) < 4.78 is 0. The maximum absolute atomic E-state index is 12.4. The van der Waals surface area contributed by atoms with Gasteiger partial charge >= 0.3 is 0 Å². The summed E-state index contributed by atoms with van der Waals surface area (Å²) in [5.74, 6) is -0.0101. The molecule has 0 saturated carbocycles. The lowest BCUT2D eigenvalue weighted by Crippen LogP contribution is -2.40. The second-order valence-electron chi connectivity index (χ2n) is 6.84. The average molecular weight is 351 g/mol. The Balaban J connectivity index is 2.11. The molecule has 0 N–H and O–H groups in total. The van der Waals surface area contributed by atoms with Crippen LogP contribution in [0.25, 0.3) is 0 Å². The van der Waals surface area contributed by atoms with E-state index >= 15 is 0 Å². The molecular formula is C22H29N3O. The first-order valence-electron chi connectivity index (χ1n) is 9.58. The zero-order valence-electron chi connectivity index (χ0n) is 16.2. The van der Waals surface area contributed by atoms with Crippen LogP contribution >= 0.6 is 0 Å². The number of amides is 1. The topological polar surface area (TPSA) is 26.8 Å². The number of likely N-dealkylation sites (N-methyl/N-ethyl adjacent to an activating group) is 1. The number of allylic oxidation sites excluding steroid dienone is 3. The molecule has 0 atom stereocenters. The normalized spacial score (nSPS) is 19.4. The number of fused-ring (bicyclic) bond motifs is 1. The number of anilines is 3. The van der Waals surface area contributed by atoms with Crippen LogP contribution in [0.4, 0.5) is 17.1 Å². The number of carbonyl (C=O) groups excluding carboxylic acids is 1. The smallest absolute Gasteiger partial charge is 0.228 e. The average Bonchev–Trinajstić information content (AvgIpc) is 2.66.